The van der Waals surface area contributed by atoms with Crippen molar-refractivity contribution in [3.63, 3.8) is 0 Å². The van der Waals surface area contributed by atoms with E-state index in [2.05, 4.69) is 139 Å². The van der Waals surface area contributed by atoms with Crippen LogP contribution >= 0.6 is 26.3 Å². The molecule has 0 aromatic heterocycles. The van der Waals surface area contributed by atoms with Gasteiger partial charge in [0.25, 0.3) is 0 Å². The molecule has 3 rings (SSSR count). The van der Waals surface area contributed by atoms with E-state index in [-0.39, 0.29) is 0 Å². The topological polar surface area (TPSA) is 3.24 Å². The van der Waals surface area contributed by atoms with E-state index in [0.29, 0.717) is 6.04 Å². The molecule has 28 heavy (non-hydrogen) atoms. The molecule has 0 aliphatic carbocycles. The Labute approximate surface area is 183 Å². The Bertz CT molecular complexity index is 763. The van der Waals surface area contributed by atoms with Crippen LogP contribution in [0.2, 0.25) is 0 Å². The Balaban J connectivity index is 2.34. The zero-order chi connectivity index (χ0) is 20.1. The molecule has 0 spiro atoms. The summed E-state index contributed by atoms with van der Waals surface area (Å²) in [6.07, 6.45) is 1.13. The number of rotatable bonds is 8. The summed E-state index contributed by atoms with van der Waals surface area (Å²) in [4.78, 5) is 2.59. The van der Waals surface area contributed by atoms with Crippen molar-refractivity contribution in [3.05, 3.63) is 91.0 Å². The molecule has 0 aliphatic heterocycles. The van der Waals surface area contributed by atoms with E-state index in [0.717, 1.165) is 19.3 Å². The van der Waals surface area contributed by atoms with Gasteiger partial charge in [-0.3, -0.25) is 0 Å². The van der Waals surface area contributed by atoms with Crippen molar-refractivity contribution in [2.45, 2.75) is 26.8 Å². The SMILES string of the molecule is CCN(CC)C(C)CP(I)(c1ccccc1)(c1ccccc1)c1ccccc1. The molecule has 0 N–H and O–H groups in total. The van der Waals surface area contributed by atoms with E-state index in [1.807, 2.05) is 0 Å². The Morgan fingerprint density at radius 3 is 1.29 bits per heavy atom. The molecule has 0 bridgehead atoms. The van der Waals surface area contributed by atoms with Gasteiger partial charge in [-0.1, -0.05) is 0 Å². The van der Waals surface area contributed by atoms with Crippen molar-refractivity contribution in [2.75, 3.05) is 19.3 Å². The van der Waals surface area contributed by atoms with Gasteiger partial charge in [0.05, 0.1) is 0 Å². The van der Waals surface area contributed by atoms with Crippen LogP contribution in [0.3, 0.4) is 0 Å². The molecule has 3 aromatic rings. The molecular formula is C25H31INP. The first-order valence-electron chi connectivity index (χ1n) is 10.2. The Kier molecular flexibility index (Phi) is 6.96. The number of halogens is 1. The molecule has 1 atom stereocenters. The average molecular weight is 503 g/mol. The molecule has 0 radical (unpaired) electrons. The molecule has 148 valence electrons. The first kappa shape index (κ1) is 21.5. The maximum absolute atomic E-state index is 2.89. The molecule has 3 heteroatoms. The third-order valence-corrected chi connectivity index (χ3v) is 17.5. The monoisotopic (exact) mass is 503 g/mol. The van der Waals surface area contributed by atoms with Crippen molar-refractivity contribution >= 4 is 42.2 Å². The minimum atomic E-state index is -2.67. The molecule has 0 amide bonds. The molecule has 0 heterocycles. The summed E-state index contributed by atoms with van der Waals surface area (Å²) < 4.78 is -2.67. The van der Waals surface area contributed by atoms with Crippen LogP contribution < -0.4 is 15.9 Å². The number of hydrogen-bond acceptors (Lipinski definition) is 1. The van der Waals surface area contributed by atoms with Crippen molar-refractivity contribution in [3.8, 4) is 0 Å². The fourth-order valence-corrected chi connectivity index (χ4v) is 14.2. The van der Waals surface area contributed by atoms with Gasteiger partial charge in [0.1, 0.15) is 0 Å². The van der Waals surface area contributed by atoms with Gasteiger partial charge in [0, 0.05) is 0 Å². The Morgan fingerprint density at radius 1 is 0.679 bits per heavy atom. The van der Waals surface area contributed by atoms with E-state index >= 15 is 0 Å². The Morgan fingerprint density at radius 2 is 1.00 bits per heavy atom. The van der Waals surface area contributed by atoms with Gasteiger partial charge in [-0.2, -0.15) is 0 Å². The summed E-state index contributed by atoms with van der Waals surface area (Å²) in [6.45, 7) is 9.12. The van der Waals surface area contributed by atoms with Crippen LogP contribution in [0.25, 0.3) is 0 Å². The van der Waals surface area contributed by atoms with Gasteiger partial charge in [0.2, 0.25) is 0 Å². The summed E-state index contributed by atoms with van der Waals surface area (Å²) in [5.74, 6) is 0. The van der Waals surface area contributed by atoms with E-state index < -0.39 is 4.25 Å². The van der Waals surface area contributed by atoms with E-state index in [1.54, 1.807) is 0 Å². The van der Waals surface area contributed by atoms with Crippen LogP contribution in [0.15, 0.2) is 91.0 Å². The first-order chi connectivity index (χ1) is 13.5. The predicted molar refractivity (Wildman–Crippen MR) is 136 cm³/mol. The van der Waals surface area contributed by atoms with Crippen molar-refractivity contribution in [1.82, 2.24) is 4.90 Å². The van der Waals surface area contributed by atoms with Gasteiger partial charge in [-0.25, -0.2) is 0 Å². The van der Waals surface area contributed by atoms with Crippen molar-refractivity contribution in [2.24, 2.45) is 0 Å². The van der Waals surface area contributed by atoms with Crippen LogP contribution in [0, 0.1) is 0 Å². The third-order valence-electron chi connectivity index (χ3n) is 5.93. The molecule has 0 aliphatic rings. The molecule has 1 unspecified atom stereocenters. The molecule has 3 aromatic carbocycles. The summed E-state index contributed by atoms with van der Waals surface area (Å²) >= 11 is 2.89. The second kappa shape index (κ2) is 9.07. The second-order valence-electron chi connectivity index (χ2n) is 7.44. The Hall–Kier alpha value is -1.22. The average Bonchev–Trinajstić information content (AvgIpc) is 2.76. The zero-order valence-electron chi connectivity index (χ0n) is 17.1. The van der Waals surface area contributed by atoms with Crippen LogP contribution in [0.4, 0.5) is 0 Å². The summed E-state index contributed by atoms with van der Waals surface area (Å²) in [6, 6.07) is 34.1. The fraction of sp³-hybridized carbons (Fsp3) is 0.280. The van der Waals surface area contributed by atoms with Crippen molar-refractivity contribution < 1.29 is 0 Å². The zero-order valence-corrected chi connectivity index (χ0v) is 20.2. The molecular weight excluding hydrogens is 472 g/mol. The van der Waals surface area contributed by atoms with Gasteiger partial charge < -0.3 is 0 Å². The summed E-state index contributed by atoms with van der Waals surface area (Å²) in [7, 11) is 0. The number of nitrogens with zero attached hydrogens (tertiary/aromatic N) is 1. The standard InChI is InChI=1S/C25H31INP/c1-4-27(5-2)22(3)21-28(26,23-15-9-6-10-16-23,24-17-11-7-12-18-24)25-19-13-8-14-20-25/h6-20,22H,4-5,21H2,1-3H3. The maximum atomic E-state index is 2.89. The van der Waals surface area contributed by atoms with Crippen LogP contribution in [0.1, 0.15) is 20.8 Å². The molecule has 1 nitrogen and oxygen atoms in total. The second-order valence-corrected chi connectivity index (χ2v) is 18.1. The molecule has 0 saturated carbocycles. The van der Waals surface area contributed by atoms with E-state index in [1.165, 1.54) is 15.9 Å². The molecule has 0 saturated heterocycles. The quantitative estimate of drug-likeness (QED) is 0.286. The van der Waals surface area contributed by atoms with E-state index in [9.17, 15) is 0 Å². The summed E-state index contributed by atoms with van der Waals surface area (Å²) in [5.41, 5.74) is 0. The number of benzene rings is 3. The van der Waals surface area contributed by atoms with Gasteiger partial charge >= 0.3 is 184 Å². The van der Waals surface area contributed by atoms with Crippen LogP contribution in [-0.4, -0.2) is 30.2 Å². The van der Waals surface area contributed by atoms with Crippen molar-refractivity contribution in [1.29, 1.82) is 0 Å². The van der Waals surface area contributed by atoms with E-state index in [4.69, 9.17) is 0 Å². The predicted octanol–water partition coefficient (Wildman–Crippen LogP) is 5.60. The van der Waals surface area contributed by atoms with Gasteiger partial charge in [-0.05, 0) is 0 Å². The third kappa shape index (κ3) is 3.79. The van der Waals surface area contributed by atoms with Gasteiger partial charge in [0.15, 0.2) is 0 Å². The fourth-order valence-electron chi connectivity index (χ4n) is 4.44. The minimum absolute atomic E-state index is 0.491. The number of hydrogen-bond donors (Lipinski definition) is 0. The van der Waals surface area contributed by atoms with Crippen LogP contribution in [0.5, 0.6) is 0 Å². The molecule has 0 fully saturated rings. The normalized spacial score (nSPS) is 14.4. The van der Waals surface area contributed by atoms with Crippen LogP contribution in [-0.2, 0) is 0 Å². The first-order valence-corrected chi connectivity index (χ1v) is 15.4. The van der Waals surface area contributed by atoms with Gasteiger partial charge in [-0.15, -0.1) is 0 Å². The summed E-state index contributed by atoms with van der Waals surface area (Å²) in [5, 5.41) is 4.39.